The van der Waals surface area contributed by atoms with E-state index in [2.05, 4.69) is 18.0 Å². The lowest BCUT2D eigenvalue weighted by Gasteiger charge is -2.40. The fraction of sp³-hybridized carbons (Fsp3) is 0.300. The minimum absolute atomic E-state index is 0.114. The Hall–Kier alpha value is -3.73. The molecule has 1 unspecified atom stereocenters. The minimum Gasteiger partial charge on any atom is -0.343 e. The third-order valence-electron chi connectivity index (χ3n) is 7.54. The molecule has 2 aromatic carbocycles. The minimum atomic E-state index is -9.76. The van der Waals surface area contributed by atoms with E-state index in [1.54, 1.807) is 4.90 Å². The highest BCUT2D eigenvalue weighted by Crippen LogP contribution is 3.02. The monoisotopic (exact) mass is 594 g/mol. The van der Waals surface area contributed by atoms with Crippen molar-refractivity contribution in [1.82, 2.24) is 10.2 Å². The van der Waals surface area contributed by atoms with Crippen LogP contribution in [0, 0.1) is 5.92 Å². The molecule has 2 amide bonds. The van der Waals surface area contributed by atoms with Gasteiger partial charge in [0, 0.05) is 25.6 Å². The molecule has 1 aliphatic heterocycles. The number of ketones is 1. The second kappa shape index (κ2) is 10.3. The molecule has 0 spiro atoms. The van der Waals surface area contributed by atoms with Crippen molar-refractivity contribution < 1.29 is 33.8 Å². The second-order valence-electron chi connectivity index (χ2n) is 10.6. The number of allylic oxidation sites excluding steroid dienone is 3. The highest BCUT2D eigenvalue weighted by Gasteiger charge is 2.65. The van der Waals surface area contributed by atoms with E-state index >= 15 is 0 Å². The number of carbonyl (C=O) groups is 3. The van der Waals surface area contributed by atoms with Crippen molar-refractivity contribution >= 4 is 39.5 Å². The number of hydrogen-bond donors (Lipinski definition) is 1. The number of amides is 2. The van der Waals surface area contributed by atoms with E-state index in [-0.39, 0.29) is 41.8 Å². The van der Waals surface area contributed by atoms with Gasteiger partial charge < -0.3 is 10.2 Å². The van der Waals surface area contributed by atoms with E-state index in [9.17, 15) is 33.8 Å². The average Bonchev–Trinajstić information content (AvgIpc) is 2.90. The fourth-order valence-electron chi connectivity index (χ4n) is 4.99. The lowest BCUT2D eigenvalue weighted by Crippen LogP contribution is -2.42. The van der Waals surface area contributed by atoms with E-state index in [4.69, 9.17) is 0 Å². The number of nitrogens with one attached hydrogen (secondary N) is 1. The Morgan fingerprint density at radius 1 is 1.05 bits per heavy atom. The maximum Gasteiger partial charge on any atom is 0.310 e. The van der Waals surface area contributed by atoms with Crippen molar-refractivity contribution in [3.05, 3.63) is 88.5 Å². The summed E-state index contributed by atoms with van der Waals surface area (Å²) >= 11 is 0. The first-order chi connectivity index (χ1) is 18.9. The molecule has 11 heteroatoms. The normalized spacial score (nSPS) is 19.4. The van der Waals surface area contributed by atoms with Crippen LogP contribution >= 0.6 is 10.2 Å². The van der Waals surface area contributed by atoms with Crippen molar-refractivity contribution in [1.29, 1.82) is 0 Å². The van der Waals surface area contributed by atoms with Gasteiger partial charge in [0.15, 0.2) is 5.78 Å². The van der Waals surface area contributed by atoms with Crippen molar-refractivity contribution in [3.63, 3.8) is 0 Å². The summed E-state index contributed by atoms with van der Waals surface area (Å²) in [5.41, 5.74) is 5.99. The average molecular weight is 595 g/mol. The highest BCUT2D eigenvalue weighted by atomic mass is 32.5. The number of rotatable bonds is 7. The van der Waals surface area contributed by atoms with E-state index in [0.717, 1.165) is 58.0 Å². The van der Waals surface area contributed by atoms with Crippen LogP contribution in [-0.4, -0.2) is 35.6 Å². The van der Waals surface area contributed by atoms with Crippen LogP contribution in [0.5, 0.6) is 0 Å². The van der Waals surface area contributed by atoms with Crippen LogP contribution in [0.2, 0.25) is 0 Å². The second-order valence-corrected chi connectivity index (χ2v) is 13.0. The molecule has 2 aromatic rings. The molecule has 0 radical (unpaired) electrons. The highest BCUT2D eigenvalue weighted by molar-refractivity contribution is 8.45. The number of benzene rings is 2. The molecule has 0 fully saturated rings. The summed E-state index contributed by atoms with van der Waals surface area (Å²) in [5.74, 6) is -0.700. The van der Waals surface area contributed by atoms with E-state index in [1.165, 1.54) is 6.08 Å². The van der Waals surface area contributed by atoms with Gasteiger partial charge in [-0.3, -0.25) is 14.4 Å². The molecule has 5 nitrogen and oxygen atoms in total. The van der Waals surface area contributed by atoms with Crippen molar-refractivity contribution in [2.24, 2.45) is 5.92 Å². The summed E-state index contributed by atoms with van der Waals surface area (Å²) in [4.78, 5) is 37.0. The van der Waals surface area contributed by atoms with E-state index in [0.29, 0.717) is 25.9 Å². The van der Waals surface area contributed by atoms with Crippen molar-refractivity contribution in [2.75, 3.05) is 13.1 Å². The van der Waals surface area contributed by atoms with Gasteiger partial charge in [-0.15, -0.1) is 0 Å². The summed E-state index contributed by atoms with van der Waals surface area (Å²) in [7, 11) is -9.76. The molecule has 1 heterocycles. The lowest BCUT2D eigenvalue weighted by molar-refractivity contribution is -0.132. The predicted molar refractivity (Wildman–Crippen MR) is 151 cm³/mol. The molecule has 0 bridgehead atoms. The standard InChI is InChI=1S/C30H31F5N2O3S/c1-19(2)25-15-27(20(3)28(38)16-25)23-7-8-24-18-37(13-12-22(24)14-23)30(40)17-36-29(39)11-6-21-4-9-26(10-5-21)41(31,32,33,34)35/h4-11,14,25H,1,12-13,15-18H2,2-3H3,(H,36,39)/b11-6+. The Balaban J connectivity index is 1.33. The third kappa shape index (κ3) is 7.32. The van der Waals surface area contributed by atoms with Crippen LogP contribution in [0.3, 0.4) is 0 Å². The van der Waals surface area contributed by atoms with Crippen LogP contribution < -0.4 is 5.32 Å². The topological polar surface area (TPSA) is 66.5 Å². The SMILES string of the molecule is C=C(C)C1CC(=O)C(C)=C(c2ccc3c(c2)CCN(C(=O)CNC(=O)/C=C/c2ccc(S(F)(F)(F)(F)F)cc2)C3)C1. The number of fused-ring (bicyclic) bond motifs is 1. The van der Waals surface area contributed by atoms with Crippen molar-refractivity contribution in [2.45, 2.75) is 44.6 Å². The molecule has 0 aromatic heterocycles. The Morgan fingerprint density at radius 2 is 1.73 bits per heavy atom. The van der Waals surface area contributed by atoms with Gasteiger partial charge in [-0.25, -0.2) is 0 Å². The van der Waals surface area contributed by atoms with Crippen LogP contribution in [0.15, 0.2) is 71.2 Å². The van der Waals surface area contributed by atoms with Gasteiger partial charge in [-0.05, 0) is 84.2 Å². The Labute approximate surface area is 235 Å². The van der Waals surface area contributed by atoms with Gasteiger partial charge in [-0.1, -0.05) is 61.9 Å². The quantitative estimate of drug-likeness (QED) is 0.207. The first kappa shape index (κ1) is 30.2. The molecule has 1 atom stereocenters. The van der Waals surface area contributed by atoms with Gasteiger partial charge in [-0.2, -0.15) is 0 Å². The maximum absolute atomic E-state index is 12.8. The van der Waals surface area contributed by atoms with Crippen molar-refractivity contribution in [3.8, 4) is 0 Å². The lowest BCUT2D eigenvalue weighted by atomic mass is 9.77. The van der Waals surface area contributed by atoms with Gasteiger partial charge in [0.05, 0.1) is 6.54 Å². The maximum atomic E-state index is 12.8. The number of halogens is 5. The molecule has 1 N–H and O–H groups in total. The Morgan fingerprint density at radius 3 is 2.37 bits per heavy atom. The first-order valence-electron chi connectivity index (χ1n) is 13.0. The Kier molecular flexibility index (Phi) is 7.58. The predicted octanol–water partition coefficient (Wildman–Crippen LogP) is 7.39. The summed E-state index contributed by atoms with van der Waals surface area (Å²) in [6.07, 6.45) is 4.04. The van der Waals surface area contributed by atoms with Crippen LogP contribution in [0.1, 0.15) is 48.9 Å². The molecular formula is C30H31F5N2O3S. The molecular weight excluding hydrogens is 563 g/mol. The van der Waals surface area contributed by atoms with Gasteiger partial charge in [0.25, 0.3) is 0 Å². The van der Waals surface area contributed by atoms with Gasteiger partial charge >= 0.3 is 10.2 Å². The largest absolute Gasteiger partial charge is 0.343 e. The molecule has 220 valence electrons. The summed E-state index contributed by atoms with van der Waals surface area (Å²) in [6.45, 7) is 8.37. The third-order valence-corrected chi connectivity index (χ3v) is 8.70. The van der Waals surface area contributed by atoms with Crippen LogP contribution in [-0.2, 0) is 27.3 Å². The summed E-state index contributed by atoms with van der Waals surface area (Å²) in [6, 6.07) is 8.22. The number of hydrogen-bond acceptors (Lipinski definition) is 3. The van der Waals surface area contributed by atoms with Crippen LogP contribution in [0.25, 0.3) is 11.6 Å². The Bertz CT molecular complexity index is 1500. The van der Waals surface area contributed by atoms with E-state index < -0.39 is 21.0 Å². The molecule has 41 heavy (non-hydrogen) atoms. The molecule has 1 aliphatic carbocycles. The van der Waals surface area contributed by atoms with Crippen LogP contribution in [0.4, 0.5) is 19.4 Å². The molecule has 2 aliphatic rings. The number of carbonyl (C=O) groups excluding carboxylic acids is 3. The zero-order valence-corrected chi connectivity index (χ0v) is 23.5. The summed E-state index contributed by atoms with van der Waals surface area (Å²) in [5, 5.41) is 2.44. The first-order valence-corrected chi connectivity index (χ1v) is 14.9. The zero-order valence-electron chi connectivity index (χ0n) is 22.7. The molecule has 4 rings (SSSR count). The fourth-order valence-corrected chi connectivity index (χ4v) is 5.65. The number of Topliss-reactive ketones (excluding diaryl/α,β-unsaturated/α-hetero) is 1. The number of nitrogens with zero attached hydrogens (tertiary/aromatic N) is 1. The smallest absolute Gasteiger partial charge is 0.310 e. The summed E-state index contributed by atoms with van der Waals surface area (Å²) < 4.78 is 64.2. The van der Waals surface area contributed by atoms with Gasteiger partial charge in [0.1, 0.15) is 4.90 Å². The molecule has 0 saturated heterocycles. The van der Waals surface area contributed by atoms with E-state index in [1.807, 2.05) is 26.0 Å². The zero-order chi connectivity index (χ0) is 30.2. The van der Waals surface area contributed by atoms with Gasteiger partial charge in [0.2, 0.25) is 11.8 Å². The molecule has 0 saturated carbocycles.